The number of hydrogen-bond acceptors (Lipinski definition) is 3. The molecule has 1 aliphatic heterocycles. The fourth-order valence-corrected chi connectivity index (χ4v) is 3.07. The van der Waals surface area contributed by atoms with Gasteiger partial charge in [0.2, 0.25) is 0 Å². The standard InChI is InChI=1S/C17H23Cl2NO3/c1-17(2,3)23-16(22)20-7-6-11(10-20)15(21)9-12-8-13(18)4-5-14(12)19/h4-5,8,11,15,21H,6-7,9-10H2,1-3H3. The van der Waals surface area contributed by atoms with Gasteiger partial charge in [-0.05, 0) is 51.0 Å². The van der Waals surface area contributed by atoms with Crippen molar-refractivity contribution in [2.75, 3.05) is 13.1 Å². The molecule has 0 radical (unpaired) electrons. The highest BCUT2D eigenvalue weighted by Crippen LogP contribution is 2.27. The van der Waals surface area contributed by atoms with Crippen molar-refractivity contribution in [3.8, 4) is 0 Å². The van der Waals surface area contributed by atoms with Crippen LogP contribution in [-0.4, -0.2) is 40.9 Å². The van der Waals surface area contributed by atoms with E-state index in [4.69, 9.17) is 27.9 Å². The quantitative estimate of drug-likeness (QED) is 0.881. The second-order valence-electron chi connectivity index (χ2n) is 6.98. The highest BCUT2D eigenvalue weighted by molar-refractivity contribution is 6.33. The van der Waals surface area contributed by atoms with Crippen LogP contribution in [0.4, 0.5) is 4.79 Å². The van der Waals surface area contributed by atoms with Gasteiger partial charge in [-0.25, -0.2) is 4.79 Å². The Balaban J connectivity index is 1.93. The maximum absolute atomic E-state index is 12.1. The van der Waals surface area contributed by atoms with Gasteiger partial charge in [0.05, 0.1) is 6.10 Å². The molecule has 1 aromatic rings. The molecule has 2 unspecified atom stereocenters. The van der Waals surface area contributed by atoms with E-state index >= 15 is 0 Å². The van der Waals surface area contributed by atoms with Gasteiger partial charge in [-0.3, -0.25) is 0 Å². The van der Waals surface area contributed by atoms with Crippen LogP contribution in [0.3, 0.4) is 0 Å². The van der Waals surface area contributed by atoms with Crippen LogP contribution in [0, 0.1) is 5.92 Å². The summed E-state index contributed by atoms with van der Waals surface area (Å²) < 4.78 is 5.37. The van der Waals surface area contributed by atoms with Crippen molar-refractivity contribution in [3.05, 3.63) is 33.8 Å². The van der Waals surface area contributed by atoms with Gasteiger partial charge in [0.1, 0.15) is 5.60 Å². The van der Waals surface area contributed by atoms with Crippen molar-refractivity contribution in [1.82, 2.24) is 4.90 Å². The number of aliphatic hydroxyl groups excluding tert-OH is 1. The van der Waals surface area contributed by atoms with Gasteiger partial charge in [0.15, 0.2) is 0 Å². The highest BCUT2D eigenvalue weighted by atomic mass is 35.5. The number of nitrogens with zero attached hydrogens (tertiary/aromatic N) is 1. The minimum atomic E-state index is -0.571. The first-order valence-electron chi connectivity index (χ1n) is 7.75. The van der Waals surface area contributed by atoms with Crippen molar-refractivity contribution in [2.24, 2.45) is 5.92 Å². The van der Waals surface area contributed by atoms with Crippen molar-refractivity contribution in [3.63, 3.8) is 0 Å². The Labute approximate surface area is 147 Å². The van der Waals surface area contributed by atoms with Crippen molar-refractivity contribution in [1.29, 1.82) is 0 Å². The van der Waals surface area contributed by atoms with Crippen LogP contribution in [-0.2, 0) is 11.2 Å². The van der Waals surface area contributed by atoms with Gasteiger partial charge in [-0.2, -0.15) is 0 Å². The molecule has 2 rings (SSSR count). The zero-order valence-corrected chi connectivity index (χ0v) is 15.2. The third kappa shape index (κ3) is 5.27. The van der Waals surface area contributed by atoms with E-state index in [2.05, 4.69) is 0 Å². The van der Waals surface area contributed by atoms with E-state index in [-0.39, 0.29) is 12.0 Å². The molecule has 23 heavy (non-hydrogen) atoms. The molecule has 0 aliphatic carbocycles. The first-order chi connectivity index (χ1) is 10.7. The SMILES string of the molecule is CC(C)(C)OC(=O)N1CCC(C(O)Cc2cc(Cl)ccc2Cl)C1. The maximum Gasteiger partial charge on any atom is 0.410 e. The molecular formula is C17H23Cl2NO3. The third-order valence-corrected chi connectivity index (χ3v) is 4.46. The number of ether oxygens (including phenoxy) is 1. The summed E-state index contributed by atoms with van der Waals surface area (Å²) in [5.41, 5.74) is 0.310. The van der Waals surface area contributed by atoms with E-state index in [1.54, 1.807) is 23.1 Å². The summed E-state index contributed by atoms with van der Waals surface area (Å²) in [5.74, 6) is 0.0116. The zero-order chi connectivity index (χ0) is 17.2. The summed E-state index contributed by atoms with van der Waals surface area (Å²) in [7, 11) is 0. The van der Waals surface area contributed by atoms with Gasteiger partial charge in [-0.15, -0.1) is 0 Å². The highest BCUT2D eigenvalue weighted by Gasteiger charge is 2.33. The van der Waals surface area contributed by atoms with Crippen molar-refractivity contribution in [2.45, 2.75) is 45.3 Å². The van der Waals surface area contributed by atoms with E-state index in [9.17, 15) is 9.90 Å². The maximum atomic E-state index is 12.1. The van der Waals surface area contributed by atoms with Crippen LogP contribution in [0.2, 0.25) is 10.0 Å². The fourth-order valence-electron chi connectivity index (χ4n) is 2.69. The third-order valence-electron chi connectivity index (χ3n) is 3.86. The minimum absolute atomic E-state index is 0.0116. The lowest BCUT2D eigenvalue weighted by Gasteiger charge is -2.25. The summed E-state index contributed by atoms with van der Waals surface area (Å²) in [5, 5.41) is 11.7. The number of carbonyl (C=O) groups is 1. The fraction of sp³-hybridized carbons (Fsp3) is 0.588. The second kappa shape index (κ2) is 7.29. The smallest absolute Gasteiger partial charge is 0.410 e. The van der Waals surface area contributed by atoms with Gasteiger partial charge < -0.3 is 14.7 Å². The Kier molecular flexibility index (Phi) is 5.82. The minimum Gasteiger partial charge on any atom is -0.444 e. The summed E-state index contributed by atoms with van der Waals surface area (Å²) in [4.78, 5) is 13.7. The topological polar surface area (TPSA) is 49.8 Å². The number of benzene rings is 1. The number of halogens is 2. The molecule has 4 nitrogen and oxygen atoms in total. The predicted octanol–water partition coefficient (Wildman–Crippen LogP) is 4.15. The largest absolute Gasteiger partial charge is 0.444 e. The molecule has 0 bridgehead atoms. The Bertz CT molecular complexity index is 571. The normalized spacial score (nSPS) is 19.7. The van der Waals surface area contributed by atoms with Gasteiger partial charge in [0, 0.05) is 35.5 Å². The lowest BCUT2D eigenvalue weighted by atomic mass is 9.95. The van der Waals surface area contributed by atoms with Crippen molar-refractivity contribution >= 4 is 29.3 Å². The van der Waals surface area contributed by atoms with E-state index in [0.29, 0.717) is 29.6 Å². The molecule has 1 N–H and O–H groups in total. The molecule has 1 amide bonds. The van der Waals surface area contributed by atoms with E-state index in [1.165, 1.54) is 0 Å². The first-order valence-corrected chi connectivity index (χ1v) is 8.51. The molecule has 0 aromatic heterocycles. The predicted molar refractivity (Wildman–Crippen MR) is 92.1 cm³/mol. The lowest BCUT2D eigenvalue weighted by Crippen LogP contribution is -2.36. The zero-order valence-electron chi connectivity index (χ0n) is 13.7. The van der Waals surface area contributed by atoms with Crippen LogP contribution >= 0.6 is 23.2 Å². The molecule has 2 atom stereocenters. The van der Waals surface area contributed by atoms with Crippen LogP contribution < -0.4 is 0 Å². The molecular weight excluding hydrogens is 337 g/mol. The van der Waals surface area contributed by atoms with Crippen LogP contribution in [0.15, 0.2) is 18.2 Å². The average molecular weight is 360 g/mol. The Morgan fingerprint density at radius 2 is 2.13 bits per heavy atom. The number of carbonyl (C=O) groups excluding carboxylic acids is 1. The number of amides is 1. The average Bonchev–Trinajstić information content (AvgIpc) is 2.91. The molecule has 0 spiro atoms. The molecule has 6 heteroatoms. The summed E-state index contributed by atoms with van der Waals surface area (Å²) in [6.07, 6.45) is 0.275. The monoisotopic (exact) mass is 359 g/mol. The van der Waals surface area contributed by atoms with Crippen LogP contribution in [0.25, 0.3) is 0 Å². The number of aliphatic hydroxyl groups is 1. The number of hydrogen-bond donors (Lipinski definition) is 1. The second-order valence-corrected chi connectivity index (χ2v) is 7.83. The van der Waals surface area contributed by atoms with Gasteiger partial charge in [-0.1, -0.05) is 23.2 Å². The van der Waals surface area contributed by atoms with Crippen LogP contribution in [0.1, 0.15) is 32.8 Å². The Hall–Kier alpha value is -0.970. The molecule has 1 aromatic carbocycles. The van der Waals surface area contributed by atoms with Gasteiger partial charge in [0.25, 0.3) is 0 Å². The molecule has 1 aliphatic rings. The molecule has 1 heterocycles. The molecule has 128 valence electrons. The summed E-state index contributed by atoms with van der Waals surface area (Å²) in [6.45, 7) is 6.62. The van der Waals surface area contributed by atoms with E-state index in [1.807, 2.05) is 20.8 Å². The first kappa shape index (κ1) is 18.4. The number of rotatable bonds is 3. The Morgan fingerprint density at radius 1 is 1.43 bits per heavy atom. The molecule has 1 saturated heterocycles. The van der Waals surface area contributed by atoms with E-state index in [0.717, 1.165) is 12.0 Å². The molecule has 1 fully saturated rings. The molecule has 0 saturated carbocycles. The van der Waals surface area contributed by atoms with Crippen LogP contribution in [0.5, 0.6) is 0 Å². The Morgan fingerprint density at radius 3 is 2.78 bits per heavy atom. The summed E-state index contributed by atoms with van der Waals surface area (Å²) in [6, 6.07) is 5.22. The number of likely N-dealkylation sites (tertiary alicyclic amines) is 1. The van der Waals surface area contributed by atoms with Crippen molar-refractivity contribution < 1.29 is 14.6 Å². The lowest BCUT2D eigenvalue weighted by molar-refractivity contribution is 0.0269. The van der Waals surface area contributed by atoms with E-state index < -0.39 is 11.7 Å². The summed E-state index contributed by atoms with van der Waals surface area (Å²) >= 11 is 12.1. The van der Waals surface area contributed by atoms with Gasteiger partial charge >= 0.3 is 6.09 Å².